The van der Waals surface area contributed by atoms with Gasteiger partial charge in [0.2, 0.25) is 5.60 Å². The van der Waals surface area contributed by atoms with Crippen molar-refractivity contribution in [3.8, 4) is 0 Å². The van der Waals surface area contributed by atoms with Gasteiger partial charge in [0.1, 0.15) is 0 Å². The molecule has 1 heterocycles. The first-order valence-electron chi connectivity index (χ1n) is 3.78. The molecule has 1 saturated carbocycles. The molecule has 0 spiro atoms. The Kier molecular flexibility index (Phi) is 1.29. The Hall–Kier alpha value is -0.710. The lowest BCUT2D eigenvalue weighted by Crippen LogP contribution is -2.35. The zero-order valence-electron chi connectivity index (χ0n) is 6.22. The molecule has 5 heteroatoms. The zero-order valence-corrected chi connectivity index (χ0v) is 6.22. The first-order chi connectivity index (χ1) is 5.53. The average molecular weight is 178 g/mol. The van der Waals surface area contributed by atoms with Crippen LogP contribution in [0, 0.1) is 5.92 Å². The molecule has 2 atom stereocenters. The van der Waals surface area contributed by atoms with E-state index in [9.17, 15) is 13.6 Å². The van der Waals surface area contributed by atoms with Crippen molar-refractivity contribution in [3.63, 3.8) is 0 Å². The first kappa shape index (κ1) is 7.91. The maximum absolute atomic E-state index is 12.9. The highest BCUT2D eigenvalue weighted by molar-refractivity contribution is 5.85. The normalized spacial score (nSPS) is 43.3. The fraction of sp³-hybridized carbons (Fsp3) is 0.857. The molecule has 3 nitrogen and oxygen atoms in total. The van der Waals surface area contributed by atoms with Gasteiger partial charge in [-0.05, 0) is 12.8 Å². The largest absolute Gasteiger partial charge is 0.479 e. The molecule has 12 heavy (non-hydrogen) atoms. The van der Waals surface area contributed by atoms with Gasteiger partial charge in [-0.15, -0.1) is 0 Å². The lowest BCUT2D eigenvalue weighted by Gasteiger charge is -2.16. The number of halogens is 2. The highest BCUT2D eigenvalue weighted by Crippen LogP contribution is 2.64. The van der Waals surface area contributed by atoms with Crippen LogP contribution in [0.5, 0.6) is 0 Å². The molecule has 2 unspecified atom stereocenters. The molecule has 0 aromatic heterocycles. The van der Waals surface area contributed by atoms with Gasteiger partial charge in [-0.2, -0.15) is 0 Å². The number of alkyl halides is 2. The SMILES string of the molecule is O=C(O)C12OCCCC1C2(F)F. The number of ether oxygens (including phenoxy) is 1. The van der Waals surface area contributed by atoms with Gasteiger partial charge in [0.15, 0.2) is 0 Å². The second-order valence-corrected chi connectivity index (χ2v) is 3.21. The Morgan fingerprint density at radius 3 is 2.67 bits per heavy atom. The average Bonchev–Trinajstić information content (AvgIpc) is 2.52. The van der Waals surface area contributed by atoms with Crippen molar-refractivity contribution < 1.29 is 23.4 Å². The van der Waals surface area contributed by atoms with Gasteiger partial charge in [-0.1, -0.05) is 0 Å². The van der Waals surface area contributed by atoms with E-state index in [1.54, 1.807) is 0 Å². The van der Waals surface area contributed by atoms with Gasteiger partial charge >= 0.3 is 5.97 Å². The number of aliphatic carboxylic acids is 1. The molecule has 1 aliphatic carbocycles. The van der Waals surface area contributed by atoms with Crippen LogP contribution >= 0.6 is 0 Å². The molecule has 0 radical (unpaired) electrons. The minimum atomic E-state index is -3.16. The van der Waals surface area contributed by atoms with Crippen LogP contribution in [-0.4, -0.2) is 29.2 Å². The van der Waals surface area contributed by atoms with Crippen LogP contribution in [0.15, 0.2) is 0 Å². The molecule has 2 rings (SSSR count). The molecule has 1 N–H and O–H groups in total. The Labute approximate surface area is 67.3 Å². The second kappa shape index (κ2) is 1.96. The molecule has 0 aromatic carbocycles. The van der Waals surface area contributed by atoms with Crippen molar-refractivity contribution in [1.82, 2.24) is 0 Å². The molecule has 2 aliphatic rings. The molecule has 0 aromatic rings. The van der Waals surface area contributed by atoms with E-state index in [1.165, 1.54) is 0 Å². The molecule has 68 valence electrons. The number of fused-ring (bicyclic) bond motifs is 1. The van der Waals surface area contributed by atoms with E-state index in [4.69, 9.17) is 5.11 Å². The Balaban J connectivity index is 2.30. The summed E-state index contributed by atoms with van der Waals surface area (Å²) in [6, 6.07) is 0. The zero-order chi connectivity index (χ0) is 8.98. The lowest BCUT2D eigenvalue weighted by molar-refractivity contribution is -0.164. The molecule has 0 bridgehead atoms. The summed E-state index contributed by atoms with van der Waals surface area (Å²) in [5, 5.41) is 8.57. The standard InChI is InChI=1S/C7H8F2O3/c8-7(9)4-2-1-3-12-6(4,7)5(10)11/h4H,1-3H2,(H,10,11). The van der Waals surface area contributed by atoms with Gasteiger partial charge in [0.05, 0.1) is 5.92 Å². The number of rotatable bonds is 1. The van der Waals surface area contributed by atoms with Crippen molar-refractivity contribution in [2.75, 3.05) is 6.61 Å². The van der Waals surface area contributed by atoms with Gasteiger partial charge in [0, 0.05) is 6.61 Å². The van der Waals surface area contributed by atoms with E-state index in [-0.39, 0.29) is 13.0 Å². The summed E-state index contributed by atoms with van der Waals surface area (Å²) in [6.45, 7) is 0.123. The van der Waals surface area contributed by atoms with Crippen LogP contribution in [0.3, 0.4) is 0 Å². The van der Waals surface area contributed by atoms with E-state index in [0.717, 1.165) is 0 Å². The van der Waals surface area contributed by atoms with Crippen LogP contribution in [0.2, 0.25) is 0 Å². The maximum Gasteiger partial charge on any atom is 0.342 e. The molecule has 1 aliphatic heterocycles. The third kappa shape index (κ3) is 0.612. The minimum Gasteiger partial charge on any atom is -0.479 e. The molecule has 1 saturated heterocycles. The Morgan fingerprint density at radius 2 is 2.25 bits per heavy atom. The number of hydrogen-bond donors (Lipinski definition) is 1. The van der Waals surface area contributed by atoms with Gasteiger partial charge in [0.25, 0.3) is 5.92 Å². The Bertz CT molecular complexity index is 241. The van der Waals surface area contributed by atoms with Gasteiger partial charge in [-0.3, -0.25) is 0 Å². The van der Waals surface area contributed by atoms with Gasteiger partial charge in [-0.25, -0.2) is 13.6 Å². The minimum absolute atomic E-state index is 0.123. The highest BCUT2D eigenvalue weighted by atomic mass is 19.3. The van der Waals surface area contributed by atoms with Crippen molar-refractivity contribution in [2.24, 2.45) is 5.92 Å². The molecule has 2 fully saturated rings. The molecule has 0 amide bonds. The fourth-order valence-electron chi connectivity index (χ4n) is 1.90. The van der Waals surface area contributed by atoms with E-state index in [2.05, 4.69) is 4.74 Å². The van der Waals surface area contributed by atoms with E-state index < -0.39 is 23.4 Å². The number of carboxylic acid groups (broad SMARTS) is 1. The van der Waals surface area contributed by atoms with Crippen LogP contribution < -0.4 is 0 Å². The fourth-order valence-corrected chi connectivity index (χ4v) is 1.90. The predicted octanol–water partition coefficient (Wildman–Crippen LogP) is 0.885. The summed E-state index contributed by atoms with van der Waals surface area (Å²) in [4.78, 5) is 10.5. The second-order valence-electron chi connectivity index (χ2n) is 3.21. The topological polar surface area (TPSA) is 46.5 Å². The van der Waals surface area contributed by atoms with Crippen LogP contribution in [0.1, 0.15) is 12.8 Å². The van der Waals surface area contributed by atoms with E-state index >= 15 is 0 Å². The third-order valence-corrected chi connectivity index (χ3v) is 2.62. The molecular formula is C7H8F2O3. The predicted molar refractivity (Wildman–Crippen MR) is 34.0 cm³/mol. The summed E-state index contributed by atoms with van der Waals surface area (Å²) in [5.41, 5.74) is -2.18. The van der Waals surface area contributed by atoms with E-state index in [0.29, 0.717) is 6.42 Å². The summed E-state index contributed by atoms with van der Waals surface area (Å²) >= 11 is 0. The smallest absolute Gasteiger partial charge is 0.342 e. The third-order valence-electron chi connectivity index (χ3n) is 2.62. The summed E-state index contributed by atoms with van der Waals surface area (Å²) in [7, 11) is 0. The number of hydrogen-bond acceptors (Lipinski definition) is 2. The monoisotopic (exact) mass is 178 g/mol. The Morgan fingerprint density at radius 1 is 1.58 bits per heavy atom. The van der Waals surface area contributed by atoms with Crippen LogP contribution in [-0.2, 0) is 9.53 Å². The van der Waals surface area contributed by atoms with Crippen molar-refractivity contribution in [2.45, 2.75) is 24.4 Å². The number of carbonyl (C=O) groups is 1. The van der Waals surface area contributed by atoms with E-state index in [1.807, 2.05) is 0 Å². The summed E-state index contributed by atoms with van der Waals surface area (Å²) in [6.07, 6.45) is 0.772. The first-order valence-corrected chi connectivity index (χ1v) is 3.78. The lowest BCUT2D eigenvalue weighted by atomic mass is 10.1. The maximum atomic E-state index is 12.9. The highest BCUT2D eigenvalue weighted by Gasteiger charge is 2.87. The molecular weight excluding hydrogens is 170 g/mol. The van der Waals surface area contributed by atoms with Crippen molar-refractivity contribution in [1.29, 1.82) is 0 Å². The summed E-state index contributed by atoms with van der Waals surface area (Å²) in [5.74, 6) is -5.79. The van der Waals surface area contributed by atoms with Crippen LogP contribution in [0.4, 0.5) is 8.78 Å². The summed E-state index contributed by atoms with van der Waals surface area (Å²) < 4.78 is 30.5. The quantitative estimate of drug-likeness (QED) is 0.648. The van der Waals surface area contributed by atoms with Crippen molar-refractivity contribution >= 4 is 5.97 Å². The van der Waals surface area contributed by atoms with Gasteiger partial charge < -0.3 is 9.84 Å². The van der Waals surface area contributed by atoms with Crippen molar-refractivity contribution in [3.05, 3.63) is 0 Å². The number of carboxylic acids is 1. The van der Waals surface area contributed by atoms with Crippen LogP contribution in [0.25, 0.3) is 0 Å².